The molecule has 1 fully saturated rings. The smallest absolute Gasteiger partial charge is 0.264 e. The zero-order chi connectivity index (χ0) is 17.6. The monoisotopic (exact) mass is 378 g/mol. The molecule has 3 heterocycles. The van der Waals surface area contributed by atoms with Crippen molar-refractivity contribution in [1.82, 2.24) is 19.3 Å². The molecule has 9 heteroatoms. The van der Waals surface area contributed by atoms with Crippen LogP contribution in [-0.2, 0) is 16.4 Å². The van der Waals surface area contributed by atoms with E-state index in [0.29, 0.717) is 29.0 Å². The highest BCUT2D eigenvalue weighted by Crippen LogP contribution is 2.25. The average Bonchev–Trinajstić information content (AvgIpc) is 3.15. The Labute approximate surface area is 148 Å². The standard InChI is InChI=1S/C16H15ClN4O3S/c17-12-3-1-11(2-4-12)8-20-10-18-15-14(16(20)22)7-19-21(15)13-5-6-25(23,24)9-13/h1-4,7,10,13H,5-6,8-9H2/t13-/m0/s1. The SMILES string of the molecule is O=c1c2cnn([C@H]3CCS(=O)(=O)C3)c2ncn1Cc1ccc(Cl)cc1. The number of nitrogens with zero attached hydrogens (tertiary/aromatic N) is 4. The molecule has 4 rings (SSSR count). The van der Waals surface area contributed by atoms with Crippen LogP contribution in [0.25, 0.3) is 11.0 Å². The molecule has 2 aromatic heterocycles. The second kappa shape index (κ2) is 5.96. The lowest BCUT2D eigenvalue weighted by molar-refractivity contribution is 0.511. The van der Waals surface area contributed by atoms with Crippen molar-refractivity contribution in [2.75, 3.05) is 11.5 Å². The molecule has 0 radical (unpaired) electrons. The van der Waals surface area contributed by atoms with Gasteiger partial charge in [-0.15, -0.1) is 0 Å². The summed E-state index contributed by atoms with van der Waals surface area (Å²) in [4.78, 5) is 17.0. The van der Waals surface area contributed by atoms with Gasteiger partial charge in [-0.3, -0.25) is 9.36 Å². The number of benzene rings is 1. The maximum atomic E-state index is 12.7. The van der Waals surface area contributed by atoms with Crippen LogP contribution in [0, 0.1) is 0 Å². The van der Waals surface area contributed by atoms with Gasteiger partial charge in [0.15, 0.2) is 15.5 Å². The second-order valence-electron chi connectivity index (χ2n) is 6.19. The van der Waals surface area contributed by atoms with E-state index in [4.69, 9.17) is 11.6 Å². The maximum Gasteiger partial charge on any atom is 0.264 e. The molecule has 1 aliphatic heterocycles. The summed E-state index contributed by atoms with van der Waals surface area (Å²) in [6.45, 7) is 0.377. The lowest BCUT2D eigenvalue weighted by atomic mass is 10.2. The van der Waals surface area contributed by atoms with Crippen molar-refractivity contribution in [3.63, 3.8) is 0 Å². The van der Waals surface area contributed by atoms with Gasteiger partial charge in [0.1, 0.15) is 11.7 Å². The van der Waals surface area contributed by atoms with Crippen LogP contribution in [0.3, 0.4) is 0 Å². The minimum absolute atomic E-state index is 0.0410. The van der Waals surface area contributed by atoms with E-state index in [2.05, 4.69) is 10.1 Å². The van der Waals surface area contributed by atoms with Crippen molar-refractivity contribution in [2.24, 2.45) is 0 Å². The van der Waals surface area contributed by atoms with Gasteiger partial charge in [0.25, 0.3) is 5.56 Å². The summed E-state index contributed by atoms with van der Waals surface area (Å²) in [5, 5.41) is 5.25. The van der Waals surface area contributed by atoms with Gasteiger partial charge in [-0.25, -0.2) is 18.1 Å². The van der Waals surface area contributed by atoms with Crippen molar-refractivity contribution < 1.29 is 8.42 Å². The van der Waals surface area contributed by atoms with Crippen LogP contribution in [0.15, 0.2) is 41.6 Å². The molecule has 3 aromatic rings. The lowest BCUT2D eigenvalue weighted by Gasteiger charge is -2.10. The van der Waals surface area contributed by atoms with Gasteiger partial charge in [-0.1, -0.05) is 23.7 Å². The van der Waals surface area contributed by atoms with Crippen molar-refractivity contribution in [3.05, 3.63) is 57.7 Å². The van der Waals surface area contributed by atoms with E-state index < -0.39 is 9.84 Å². The molecule has 1 aliphatic rings. The molecule has 7 nitrogen and oxygen atoms in total. The van der Waals surface area contributed by atoms with Gasteiger partial charge in [0.05, 0.1) is 30.3 Å². The molecule has 0 amide bonds. The third-order valence-electron chi connectivity index (χ3n) is 4.40. The number of aromatic nitrogens is 4. The number of halogens is 1. The van der Waals surface area contributed by atoms with Crippen LogP contribution in [-0.4, -0.2) is 39.3 Å². The third kappa shape index (κ3) is 3.07. The van der Waals surface area contributed by atoms with Crippen LogP contribution in [0.5, 0.6) is 0 Å². The van der Waals surface area contributed by atoms with Crippen LogP contribution in [0.1, 0.15) is 18.0 Å². The van der Waals surface area contributed by atoms with Gasteiger partial charge < -0.3 is 0 Å². The fourth-order valence-corrected chi connectivity index (χ4v) is 4.92. The Morgan fingerprint density at radius 2 is 2.00 bits per heavy atom. The third-order valence-corrected chi connectivity index (χ3v) is 6.40. The molecule has 0 saturated carbocycles. The van der Waals surface area contributed by atoms with Gasteiger partial charge in [0.2, 0.25) is 0 Å². The molecule has 1 aromatic carbocycles. The lowest BCUT2D eigenvalue weighted by Crippen LogP contribution is -2.21. The van der Waals surface area contributed by atoms with E-state index in [1.165, 1.54) is 17.1 Å². The zero-order valence-corrected chi connectivity index (χ0v) is 14.7. The molecular formula is C16H15ClN4O3S. The second-order valence-corrected chi connectivity index (χ2v) is 8.85. The number of sulfone groups is 1. The topological polar surface area (TPSA) is 86.8 Å². The van der Waals surface area contributed by atoms with E-state index in [1.807, 2.05) is 12.1 Å². The largest absolute Gasteiger partial charge is 0.294 e. The number of fused-ring (bicyclic) bond motifs is 1. The molecule has 1 saturated heterocycles. The Balaban J connectivity index is 1.70. The zero-order valence-electron chi connectivity index (χ0n) is 13.2. The summed E-state index contributed by atoms with van der Waals surface area (Å²) in [6, 6.07) is 6.98. The van der Waals surface area contributed by atoms with Gasteiger partial charge >= 0.3 is 0 Å². The van der Waals surface area contributed by atoms with Gasteiger partial charge in [-0.2, -0.15) is 5.10 Å². The highest BCUT2D eigenvalue weighted by molar-refractivity contribution is 7.91. The molecule has 25 heavy (non-hydrogen) atoms. The summed E-state index contributed by atoms with van der Waals surface area (Å²) in [7, 11) is -3.04. The molecule has 1 atom stereocenters. The average molecular weight is 379 g/mol. The quantitative estimate of drug-likeness (QED) is 0.691. The van der Waals surface area contributed by atoms with E-state index >= 15 is 0 Å². The van der Waals surface area contributed by atoms with Gasteiger partial charge in [0, 0.05) is 5.02 Å². The summed E-state index contributed by atoms with van der Waals surface area (Å²) >= 11 is 5.87. The molecule has 130 valence electrons. The minimum Gasteiger partial charge on any atom is -0.294 e. The van der Waals surface area contributed by atoms with Crippen LogP contribution in [0.4, 0.5) is 0 Å². The van der Waals surface area contributed by atoms with Crippen LogP contribution < -0.4 is 5.56 Å². The molecule has 0 spiro atoms. The minimum atomic E-state index is -3.04. The predicted molar refractivity (Wildman–Crippen MR) is 94.6 cm³/mol. The van der Waals surface area contributed by atoms with E-state index in [0.717, 1.165) is 5.56 Å². The first-order valence-corrected chi connectivity index (χ1v) is 10.0. The molecule has 0 N–H and O–H groups in total. The Morgan fingerprint density at radius 1 is 1.24 bits per heavy atom. The highest BCUT2D eigenvalue weighted by atomic mass is 35.5. The number of rotatable bonds is 3. The molecular weight excluding hydrogens is 364 g/mol. The maximum absolute atomic E-state index is 12.7. The fourth-order valence-electron chi connectivity index (χ4n) is 3.10. The summed E-state index contributed by atoms with van der Waals surface area (Å²) < 4.78 is 26.4. The van der Waals surface area contributed by atoms with Crippen molar-refractivity contribution in [3.8, 4) is 0 Å². The van der Waals surface area contributed by atoms with Crippen molar-refractivity contribution in [2.45, 2.75) is 19.0 Å². The summed E-state index contributed by atoms with van der Waals surface area (Å²) in [5.41, 5.74) is 1.16. The first-order valence-electron chi connectivity index (χ1n) is 7.80. The summed E-state index contributed by atoms with van der Waals surface area (Å²) in [6.07, 6.45) is 3.43. The highest BCUT2D eigenvalue weighted by Gasteiger charge is 2.31. The Kier molecular flexibility index (Phi) is 3.88. The van der Waals surface area contributed by atoms with E-state index in [-0.39, 0.29) is 23.1 Å². The van der Waals surface area contributed by atoms with Gasteiger partial charge in [-0.05, 0) is 24.1 Å². The molecule has 0 bridgehead atoms. The first kappa shape index (κ1) is 16.3. The normalized spacial score (nSPS) is 19.5. The van der Waals surface area contributed by atoms with Crippen LogP contribution in [0.2, 0.25) is 5.02 Å². The Hall–Kier alpha value is -2.19. The van der Waals surface area contributed by atoms with E-state index in [9.17, 15) is 13.2 Å². The van der Waals surface area contributed by atoms with Crippen LogP contribution >= 0.6 is 11.6 Å². The number of hydrogen-bond acceptors (Lipinski definition) is 5. The Morgan fingerprint density at radius 3 is 2.68 bits per heavy atom. The molecule has 0 aliphatic carbocycles. The predicted octanol–water partition coefficient (Wildman–Crippen LogP) is 1.65. The first-order chi connectivity index (χ1) is 11.9. The molecule has 0 unspecified atom stereocenters. The van der Waals surface area contributed by atoms with Crippen molar-refractivity contribution in [1.29, 1.82) is 0 Å². The number of hydrogen-bond donors (Lipinski definition) is 0. The van der Waals surface area contributed by atoms with E-state index in [1.54, 1.807) is 16.8 Å². The Bertz CT molecular complexity index is 1100. The van der Waals surface area contributed by atoms with Crippen molar-refractivity contribution >= 4 is 32.5 Å². The fraction of sp³-hybridized carbons (Fsp3) is 0.312. The summed E-state index contributed by atoms with van der Waals surface area (Å²) in [5.74, 6) is 0.186.